The van der Waals surface area contributed by atoms with Crippen molar-refractivity contribution in [2.75, 3.05) is 0 Å². The summed E-state index contributed by atoms with van der Waals surface area (Å²) in [5.74, 6) is 0.0790. The lowest BCUT2D eigenvalue weighted by Gasteiger charge is -2.31. The van der Waals surface area contributed by atoms with Gasteiger partial charge in [0, 0.05) is 28.1 Å². The Labute approximate surface area is 350 Å². The van der Waals surface area contributed by atoms with Gasteiger partial charge in [-0.05, 0) is 143 Å². The first-order valence-corrected chi connectivity index (χ1v) is 21.5. The van der Waals surface area contributed by atoms with Crippen LogP contribution in [0.4, 0.5) is 0 Å². The Kier molecular flexibility index (Phi) is 8.26. The minimum atomic E-state index is -0.116. The van der Waals surface area contributed by atoms with Crippen LogP contribution >= 0.6 is 0 Å². The highest BCUT2D eigenvalue weighted by molar-refractivity contribution is 6.12. The number of fused-ring (bicyclic) bond motifs is 7. The van der Waals surface area contributed by atoms with Crippen LogP contribution in [0.15, 0.2) is 146 Å². The molecule has 0 spiro atoms. The van der Waals surface area contributed by atoms with Gasteiger partial charge in [-0.2, -0.15) is 0 Å². The first-order chi connectivity index (χ1) is 28.1. The van der Waals surface area contributed by atoms with Crippen LogP contribution in [-0.2, 0) is 16.2 Å². The summed E-state index contributed by atoms with van der Waals surface area (Å²) in [7, 11) is 0. The fourth-order valence-corrected chi connectivity index (χ4v) is 10.9. The van der Waals surface area contributed by atoms with Crippen LogP contribution in [0.5, 0.6) is 0 Å². The third kappa shape index (κ3) is 5.72. The molecule has 1 unspecified atom stereocenters. The van der Waals surface area contributed by atoms with Gasteiger partial charge in [-0.25, -0.2) is 0 Å². The Morgan fingerprint density at radius 2 is 1.05 bits per heavy atom. The van der Waals surface area contributed by atoms with Gasteiger partial charge < -0.3 is 4.57 Å². The van der Waals surface area contributed by atoms with Crippen molar-refractivity contribution in [2.24, 2.45) is 0 Å². The molecular weight excluding hydrogens is 711 g/mol. The normalized spacial score (nSPS) is 14.3. The molecule has 8 aromatic carbocycles. The van der Waals surface area contributed by atoms with Crippen molar-refractivity contribution in [3.63, 3.8) is 0 Å². The van der Waals surface area contributed by atoms with Crippen LogP contribution in [0.25, 0.3) is 60.0 Å². The largest absolute Gasteiger partial charge is 0.314 e. The Hall–Kier alpha value is -5.92. The number of nitrogens with zero attached hydrogens (tertiary/aromatic N) is 1. The van der Waals surface area contributed by atoms with Crippen molar-refractivity contribution in [1.29, 1.82) is 0 Å². The molecule has 0 radical (unpaired) electrons. The molecule has 0 bridgehead atoms. The molecule has 0 aliphatic heterocycles. The van der Waals surface area contributed by atoms with E-state index in [0.29, 0.717) is 0 Å². The average Bonchev–Trinajstić information content (AvgIpc) is 3.59. The van der Waals surface area contributed by atoms with E-state index in [1.165, 1.54) is 110 Å². The summed E-state index contributed by atoms with van der Waals surface area (Å²) >= 11 is 0. The van der Waals surface area contributed by atoms with Crippen LogP contribution in [0.2, 0.25) is 0 Å². The molecule has 1 heteroatoms. The molecule has 292 valence electrons. The fourth-order valence-electron chi connectivity index (χ4n) is 10.9. The predicted molar refractivity (Wildman–Crippen MR) is 254 cm³/mol. The summed E-state index contributed by atoms with van der Waals surface area (Å²) in [6.07, 6.45) is 0. The van der Waals surface area contributed by atoms with Crippen molar-refractivity contribution in [3.05, 3.63) is 196 Å². The second-order valence-electron chi connectivity index (χ2n) is 19.9. The Morgan fingerprint density at radius 3 is 1.80 bits per heavy atom. The molecule has 9 aromatic rings. The van der Waals surface area contributed by atoms with Crippen LogP contribution in [0, 0.1) is 13.8 Å². The molecule has 1 atom stereocenters. The molecule has 59 heavy (non-hydrogen) atoms. The van der Waals surface area contributed by atoms with Crippen molar-refractivity contribution in [2.45, 2.75) is 91.4 Å². The van der Waals surface area contributed by atoms with E-state index >= 15 is 0 Å². The quantitative estimate of drug-likeness (QED) is 0.124. The van der Waals surface area contributed by atoms with E-state index in [4.69, 9.17) is 0 Å². The number of aryl methyl sites for hydroxylation is 1. The second-order valence-corrected chi connectivity index (χ2v) is 19.9. The monoisotopic (exact) mass is 765 g/mol. The zero-order chi connectivity index (χ0) is 41.2. The molecular formula is C58H55N. The highest BCUT2D eigenvalue weighted by Crippen LogP contribution is 2.51. The number of hydrogen-bond donors (Lipinski definition) is 0. The maximum atomic E-state index is 2.57. The lowest BCUT2D eigenvalue weighted by Crippen LogP contribution is -2.18. The van der Waals surface area contributed by atoms with Gasteiger partial charge in [0.15, 0.2) is 0 Å². The molecule has 1 aliphatic carbocycles. The van der Waals surface area contributed by atoms with E-state index in [9.17, 15) is 0 Å². The van der Waals surface area contributed by atoms with E-state index < -0.39 is 0 Å². The Morgan fingerprint density at radius 1 is 0.458 bits per heavy atom. The van der Waals surface area contributed by atoms with Crippen LogP contribution in [0.3, 0.4) is 0 Å². The lowest BCUT2D eigenvalue weighted by atomic mass is 9.72. The molecule has 0 saturated heterocycles. The van der Waals surface area contributed by atoms with Gasteiger partial charge >= 0.3 is 0 Å². The average molecular weight is 766 g/mol. The first-order valence-electron chi connectivity index (χ1n) is 21.5. The van der Waals surface area contributed by atoms with Crippen molar-refractivity contribution in [3.8, 4) is 16.8 Å². The summed E-state index contributed by atoms with van der Waals surface area (Å²) in [6, 6.07) is 55.6. The van der Waals surface area contributed by atoms with E-state index in [1.807, 2.05) is 0 Å². The topological polar surface area (TPSA) is 4.93 Å². The summed E-state index contributed by atoms with van der Waals surface area (Å²) in [5.41, 5.74) is 17.2. The van der Waals surface area contributed by atoms with E-state index in [2.05, 4.69) is 219 Å². The van der Waals surface area contributed by atoms with E-state index in [0.717, 1.165) is 0 Å². The number of aromatic nitrogens is 1. The molecule has 0 fully saturated rings. The molecule has 1 heterocycles. The summed E-state index contributed by atoms with van der Waals surface area (Å²) in [4.78, 5) is 0. The standard InChI is InChI=1S/C58H55N/c1-35-36(2)59(42-27-24-37-18-14-15-21-39(37)30-42)52-34-49-48(33-46(35)52)55(57(6,7)8)47-31-40(26-29-45(47)54(49)56(3,4)5)53(38-19-12-11-13-20-38)41-25-28-44-43-22-16-17-23-50(43)58(9,10)51(44)32-41/h11-34,53H,1-10H3. The molecule has 0 amide bonds. The second kappa shape index (κ2) is 13.0. The third-order valence-corrected chi connectivity index (χ3v) is 13.7. The highest BCUT2D eigenvalue weighted by Gasteiger charge is 2.36. The Balaban J connectivity index is 1.25. The maximum Gasteiger partial charge on any atom is 0.0540 e. The summed E-state index contributed by atoms with van der Waals surface area (Å²) in [6.45, 7) is 23.8. The minimum absolute atomic E-state index is 0.0679. The van der Waals surface area contributed by atoms with Gasteiger partial charge in [0.25, 0.3) is 0 Å². The predicted octanol–water partition coefficient (Wildman–Crippen LogP) is 15.8. The fraction of sp³-hybridized carbons (Fsp3) is 0.241. The number of rotatable bonds is 4. The van der Waals surface area contributed by atoms with Gasteiger partial charge in [-0.3, -0.25) is 0 Å². The zero-order valence-electron chi connectivity index (χ0n) is 36.4. The van der Waals surface area contributed by atoms with Crippen LogP contribution in [-0.4, -0.2) is 4.57 Å². The van der Waals surface area contributed by atoms with Gasteiger partial charge in [-0.1, -0.05) is 171 Å². The number of benzene rings is 8. The molecule has 0 N–H and O–H groups in total. The van der Waals surface area contributed by atoms with Crippen molar-refractivity contribution in [1.82, 2.24) is 4.57 Å². The lowest BCUT2D eigenvalue weighted by molar-refractivity contribution is 0.593. The number of hydrogen-bond acceptors (Lipinski definition) is 0. The molecule has 1 aromatic heterocycles. The van der Waals surface area contributed by atoms with Gasteiger partial charge in [0.1, 0.15) is 0 Å². The smallest absolute Gasteiger partial charge is 0.0540 e. The Bertz CT molecular complexity index is 3160. The third-order valence-electron chi connectivity index (χ3n) is 13.7. The van der Waals surface area contributed by atoms with Crippen molar-refractivity contribution < 1.29 is 0 Å². The van der Waals surface area contributed by atoms with Gasteiger partial charge in [-0.15, -0.1) is 0 Å². The molecule has 0 saturated carbocycles. The SMILES string of the molecule is Cc1c(C)n(-c2ccc3ccccc3c2)c2cc3c(C(C)(C)C)c4ccc(C(c5ccccc5)c5ccc6c(c5)C(C)(C)c5ccccc5-6)cc4c(C(C)(C)C)c3cc12. The van der Waals surface area contributed by atoms with Gasteiger partial charge in [0.05, 0.1) is 5.52 Å². The van der Waals surface area contributed by atoms with E-state index in [-0.39, 0.29) is 22.2 Å². The molecule has 1 aliphatic rings. The summed E-state index contributed by atoms with van der Waals surface area (Å²) in [5, 5.41) is 9.30. The maximum absolute atomic E-state index is 2.57. The van der Waals surface area contributed by atoms with Crippen LogP contribution in [0.1, 0.15) is 112 Å². The van der Waals surface area contributed by atoms with Crippen LogP contribution < -0.4 is 0 Å². The first kappa shape index (κ1) is 37.4. The molecule has 10 rings (SSSR count). The highest BCUT2D eigenvalue weighted by atomic mass is 15.0. The van der Waals surface area contributed by atoms with E-state index in [1.54, 1.807) is 0 Å². The van der Waals surface area contributed by atoms with Gasteiger partial charge in [0.2, 0.25) is 0 Å². The minimum Gasteiger partial charge on any atom is -0.314 e. The zero-order valence-corrected chi connectivity index (χ0v) is 36.4. The van der Waals surface area contributed by atoms with Crippen molar-refractivity contribution >= 4 is 43.2 Å². The molecule has 1 nitrogen and oxygen atoms in total. The summed E-state index contributed by atoms with van der Waals surface area (Å²) < 4.78 is 2.49.